The highest BCUT2D eigenvalue weighted by molar-refractivity contribution is 6.00. The quantitative estimate of drug-likeness (QED) is 0.443. The highest BCUT2D eigenvalue weighted by atomic mass is 16.6. The van der Waals surface area contributed by atoms with Crippen LogP contribution in [0.25, 0.3) is 0 Å². The van der Waals surface area contributed by atoms with Crippen LogP contribution in [0.15, 0.2) is 42.5 Å². The summed E-state index contributed by atoms with van der Waals surface area (Å²) in [5, 5.41) is 13.6. The highest BCUT2D eigenvalue weighted by Crippen LogP contribution is 2.28. The molecule has 0 spiro atoms. The molecule has 3 rings (SSSR count). The van der Waals surface area contributed by atoms with E-state index in [0.717, 1.165) is 11.1 Å². The summed E-state index contributed by atoms with van der Waals surface area (Å²) >= 11 is 0. The maximum absolute atomic E-state index is 12.3. The molecule has 0 saturated carbocycles. The Morgan fingerprint density at radius 3 is 2.70 bits per heavy atom. The van der Waals surface area contributed by atoms with Gasteiger partial charge in [0.1, 0.15) is 0 Å². The Morgan fingerprint density at radius 2 is 2.00 bits per heavy atom. The van der Waals surface area contributed by atoms with Crippen LogP contribution in [0.3, 0.4) is 0 Å². The molecule has 0 unspecified atom stereocenters. The third kappa shape index (κ3) is 4.80. The molecule has 1 heterocycles. The molecule has 1 aliphatic heterocycles. The number of benzene rings is 2. The van der Waals surface area contributed by atoms with Crippen LogP contribution in [0.2, 0.25) is 0 Å². The molecular formula is C21H21N3O6. The van der Waals surface area contributed by atoms with Crippen molar-refractivity contribution in [2.45, 2.75) is 20.3 Å². The first-order chi connectivity index (χ1) is 14.2. The Hall–Kier alpha value is -3.75. The van der Waals surface area contributed by atoms with Gasteiger partial charge in [-0.1, -0.05) is 23.8 Å². The lowest BCUT2D eigenvalue weighted by Crippen LogP contribution is -2.28. The van der Waals surface area contributed by atoms with Gasteiger partial charge in [0.2, 0.25) is 5.91 Å². The number of anilines is 2. The Morgan fingerprint density at radius 1 is 1.23 bits per heavy atom. The summed E-state index contributed by atoms with van der Waals surface area (Å²) in [6.07, 6.45) is -0.0831. The average Bonchev–Trinajstić information content (AvgIpc) is 3.10. The van der Waals surface area contributed by atoms with Gasteiger partial charge in [0.15, 0.2) is 6.61 Å². The number of hydrogen-bond donors (Lipinski definition) is 1. The van der Waals surface area contributed by atoms with Crippen LogP contribution in [-0.2, 0) is 19.1 Å². The minimum absolute atomic E-state index is 0.0392. The molecule has 2 amide bonds. The number of aryl methyl sites for hydroxylation is 2. The topological polar surface area (TPSA) is 119 Å². The number of nitro groups is 1. The first kappa shape index (κ1) is 21.0. The molecule has 1 fully saturated rings. The largest absolute Gasteiger partial charge is 0.455 e. The van der Waals surface area contributed by atoms with Gasteiger partial charge < -0.3 is 15.0 Å². The van der Waals surface area contributed by atoms with Gasteiger partial charge in [-0.25, -0.2) is 0 Å². The molecule has 1 N–H and O–H groups in total. The summed E-state index contributed by atoms with van der Waals surface area (Å²) in [5.74, 6) is -2.22. The number of non-ortho nitro benzene ring substituents is 1. The van der Waals surface area contributed by atoms with Crippen LogP contribution in [0.1, 0.15) is 17.5 Å². The molecule has 1 atom stereocenters. The lowest BCUT2D eigenvalue weighted by Gasteiger charge is -2.16. The third-order valence-electron chi connectivity index (χ3n) is 4.81. The second kappa shape index (κ2) is 8.73. The number of ether oxygens (including phenoxy) is 1. The van der Waals surface area contributed by atoms with Gasteiger partial charge in [0, 0.05) is 30.8 Å². The van der Waals surface area contributed by atoms with E-state index < -0.39 is 29.3 Å². The summed E-state index contributed by atoms with van der Waals surface area (Å²) in [5.41, 5.74) is 2.79. The van der Waals surface area contributed by atoms with E-state index in [2.05, 4.69) is 5.32 Å². The van der Waals surface area contributed by atoms with E-state index in [9.17, 15) is 24.5 Å². The summed E-state index contributed by atoms with van der Waals surface area (Å²) in [4.78, 5) is 48.4. The van der Waals surface area contributed by atoms with Gasteiger partial charge in [0.05, 0.1) is 16.5 Å². The minimum Gasteiger partial charge on any atom is -0.455 e. The van der Waals surface area contributed by atoms with Gasteiger partial charge in [-0.3, -0.25) is 24.5 Å². The summed E-state index contributed by atoms with van der Waals surface area (Å²) in [7, 11) is 0. The molecule has 0 aromatic heterocycles. The molecule has 0 aliphatic carbocycles. The van der Waals surface area contributed by atoms with Crippen LogP contribution in [-0.4, -0.2) is 35.9 Å². The summed E-state index contributed by atoms with van der Waals surface area (Å²) in [6.45, 7) is 3.38. The van der Waals surface area contributed by atoms with Crippen LogP contribution < -0.4 is 10.2 Å². The number of nitrogens with zero attached hydrogens (tertiary/aromatic N) is 2. The van der Waals surface area contributed by atoms with Crippen molar-refractivity contribution >= 4 is 34.8 Å². The van der Waals surface area contributed by atoms with E-state index in [1.54, 1.807) is 12.1 Å². The second-order valence-corrected chi connectivity index (χ2v) is 7.16. The van der Waals surface area contributed by atoms with Crippen LogP contribution in [0.4, 0.5) is 17.1 Å². The molecule has 2 aromatic rings. The lowest BCUT2D eigenvalue weighted by molar-refractivity contribution is -0.384. The van der Waals surface area contributed by atoms with Gasteiger partial charge in [-0.2, -0.15) is 0 Å². The van der Waals surface area contributed by atoms with Crippen molar-refractivity contribution in [3.05, 3.63) is 63.7 Å². The first-order valence-electron chi connectivity index (χ1n) is 9.33. The molecule has 1 saturated heterocycles. The maximum atomic E-state index is 12.3. The van der Waals surface area contributed by atoms with E-state index in [1.807, 2.05) is 26.0 Å². The predicted molar refractivity (Wildman–Crippen MR) is 109 cm³/mol. The molecule has 1 aliphatic rings. The zero-order valence-electron chi connectivity index (χ0n) is 16.6. The molecule has 9 heteroatoms. The molecule has 9 nitrogen and oxygen atoms in total. The fraction of sp³-hybridized carbons (Fsp3) is 0.286. The van der Waals surface area contributed by atoms with Crippen molar-refractivity contribution in [1.29, 1.82) is 0 Å². The van der Waals surface area contributed by atoms with Crippen molar-refractivity contribution < 1.29 is 24.0 Å². The van der Waals surface area contributed by atoms with Crippen LogP contribution in [0, 0.1) is 29.9 Å². The minimum atomic E-state index is -0.745. The number of esters is 1. The number of carbonyl (C=O) groups is 3. The van der Waals surface area contributed by atoms with E-state index in [4.69, 9.17) is 4.74 Å². The summed E-state index contributed by atoms with van der Waals surface area (Å²) in [6, 6.07) is 11.2. The van der Waals surface area contributed by atoms with Crippen LogP contribution in [0.5, 0.6) is 0 Å². The highest BCUT2D eigenvalue weighted by Gasteiger charge is 2.36. The number of nitrogens with one attached hydrogen (secondary N) is 1. The van der Waals surface area contributed by atoms with Crippen LogP contribution >= 0.6 is 0 Å². The number of carbonyl (C=O) groups excluding carboxylic acids is 3. The van der Waals surface area contributed by atoms with Gasteiger partial charge >= 0.3 is 5.97 Å². The van der Waals surface area contributed by atoms with Crippen molar-refractivity contribution in [3.63, 3.8) is 0 Å². The van der Waals surface area contributed by atoms with Crippen molar-refractivity contribution in [1.82, 2.24) is 0 Å². The normalized spacial score (nSPS) is 15.7. The van der Waals surface area contributed by atoms with Gasteiger partial charge in [-0.15, -0.1) is 0 Å². The van der Waals surface area contributed by atoms with Gasteiger partial charge in [-0.05, 0) is 31.5 Å². The second-order valence-electron chi connectivity index (χ2n) is 7.16. The predicted octanol–water partition coefficient (Wildman–Crippen LogP) is 2.75. The number of rotatable bonds is 6. The molecule has 0 radical (unpaired) electrons. The van der Waals surface area contributed by atoms with Crippen molar-refractivity contribution in [3.8, 4) is 0 Å². The molecular weight excluding hydrogens is 390 g/mol. The first-order valence-corrected chi connectivity index (χ1v) is 9.33. The Kier molecular flexibility index (Phi) is 6.10. The van der Waals surface area contributed by atoms with E-state index in [1.165, 1.54) is 23.1 Å². The number of nitro benzene ring substituents is 1. The molecule has 30 heavy (non-hydrogen) atoms. The summed E-state index contributed by atoms with van der Waals surface area (Å²) < 4.78 is 5.08. The monoisotopic (exact) mass is 411 g/mol. The zero-order chi connectivity index (χ0) is 21.8. The van der Waals surface area contributed by atoms with Crippen molar-refractivity contribution in [2.24, 2.45) is 5.92 Å². The lowest BCUT2D eigenvalue weighted by atomic mass is 10.1. The Labute approximate surface area is 172 Å². The molecule has 2 aromatic carbocycles. The van der Waals surface area contributed by atoms with E-state index in [0.29, 0.717) is 11.4 Å². The third-order valence-corrected chi connectivity index (χ3v) is 4.81. The smallest absolute Gasteiger partial charge is 0.311 e. The molecule has 156 valence electrons. The maximum Gasteiger partial charge on any atom is 0.311 e. The Balaban J connectivity index is 1.56. The van der Waals surface area contributed by atoms with Crippen molar-refractivity contribution in [2.75, 3.05) is 23.4 Å². The van der Waals surface area contributed by atoms with Gasteiger partial charge in [0.25, 0.3) is 11.6 Å². The number of amides is 2. The Bertz CT molecular complexity index is 1020. The molecule has 0 bridgehead atoms. The fourth-order valence-corrected chi connectivity index (χ4v) is 3.28. The fourth-order valence-electron chi connectivity index (χ4n) is 3.28. The standard InChI is InChI=1S/C21H21N3O6/c1-13-6-7-18(14(2)8-13)22-19(25)12-30-21(27)15-9-20(26)23(11-15)16-4-3-5-17(10-16)24(28)29/h3-8,10,15H,9,11-12H2,1-2H3,(H,22,25)/t15-/m0/s1. The van der Waals surface area contributed by atoms with E-state index in [-0.39, 0.29) is 24.6 Å². The van der Waals surface area contributed by atoms with E-state index >= 15 is 0 Å². The zero-order valence-corrected chi connectivity index (χ0v) is 16.6. The average molecular weight is 411 g/mol. The number of hydrogen-bond acceptors (Lipinski definition) is 6. The SMILES string of the molecule is Cc1ccc(NC(=O)COC(=O)[C@H]2CC(=O)N(c3cccc([N+](=O)[O-])c3)C2)c(C)c1.